The second-order valence-electron chi connectivity index (χ2n) is 5.91. The maximum atomic E-state index is 13.9. The van der Waals surface area contributed by atoms with E-state index in [4.69, 9.17) is 4.74 Å². The van der Waals surface area contributed by atoms with Crippen molar-refractivity contribution in [3.8, 4) is 5.75 Å². The number of pyridine rings is 1. The van der Waals surface area contributed by atoms with Crippen molar-refractivity contribution in [1.29, 1.82) is 0 Å². The van der Waals surface area contributed by atoms with Gasteiger partial charge in [0.05, 0.1) is 12.2 Å². The van der Waals surface area contributed by atoms with Gasteiger partial charge < -0.3 is 10.1 Å². The third kappa shape index (κ3) is 4.51. The van der Waals surface area contributed by atoms with E-state index in [1.807, 2.05) is 0 Å². The Balaban J connectivity index is 1.73. The topological polar surface area (TPSA) is 51.2 Å². The minimum atomic E-state index is -0.494. The average Bonchev–Trinajstić information content (AvgIpc) is 3.11. The van der Waals surface area contributed by atoms with Crippen molar-refractivity contribution in [2.45, 2.75) is 42.9 Å². The largest absolute Gasteiger partial charge is 0.491 e. The van der Waals surface area contributed by atoms with Crippen LogP contribution in [0.2, 0.25) is 0 Å². The maximum Gasteiger partial charge on any atom is 0.258 e. The van der Waals surface area contributed by atoms with Crippen LogP contribution in [0.25, 0.3) is 0 Å². The lowest BCUT2D eigenvalue weighted by atomic mass is 10.2. The third-order valence-electron chi connectivity index (χ3n) is 4.09. The summed E-state index contributed by atoms with van der Waals surface area (Å²) >= 11 is 1.66. The van der Waals surface area contributed by atoms with E-state index in [0.717, 1.165) is 17.9 Å². The molecule has 1 heterocycles. The highest BCUT2D eigenvalue weighted by molar-refractivity contribution is 7.99. The molecule has 0 bridgehead atoms. The van der Waals surface area contributed by atoms with Crippen LogP contribution in [0, 0.1) is 5.82 Å². The van der Waals surface area contributed by atoms with Gasteiger partial charge in [0, 0.05) is 23.2 Å². The second-order valence-corrected chi connectivity index (χ2v) is 7.20. The van der Waals surface area contributed by atoms with Gasteiger partial charge in [-0.1, -0.05) is 12.8 Å². The molecule has 25 heavy (non-hydrogen) atoms. The van der Waals surface area contributed by atoms with Crippen molar-refractivity contribution in [1.82, 2.24) is 4.98 Å². The molecule has 6 heteroatoms. The molecule has 0 radical (unpaired) electrons. The summed E-state index contributed by atoms with van der Waals surface area (Å²) in [5, 5.41) is 4.00. The van der Waals surface area contributed by atoms with Crippen molar-refractivity contribution in [3.63, 3.8) is 0 Å². The van der Waals surface area contributed by atoms with Gasteiger partial charge in [-0.05, 0) is 44.0 Å². The molecule has 3 rings (SSSR count). The van der Waals surface area contributed by atoms with Crippen molar-refractivity contribution in [2.75, 3.05) is 11.9 Å². The van der Waals surface area contributed by atoms with Gasteiger partial charge >= 0.3 is 0 Å². The number of carbonyl (C=O) groups is 1. The van der Waals surface area contributed by atoms with Crippen LogP contribution >= 0.6 is 11.8 Å². The second kappa shape index (κ2) is 8.34. The van der Waals surface area contributed by atoms with E-state index >= 15 is 0 Å². The fourth-order valence-corrected chi connectivity index (χ4v) is 4.17. The fourth-order valence-electron chi connectivity index (χ4n) is 2.87. The zero-order valence-electron chi connectivity index (χ0n) is 14.1. The lowest BCUT2D eigenvalue weighted by molar-refractivity contribution is 0.102. The first-order chi connectivity index (χ1) is 12.2. The molecule has 1 amide bonds. The Kier molecular flexibility index (Phi) is 5.91. The summed E-state index contributed by atoms with van der Waals surface area (Å²) in [5.74, 6) is -0.595. The molecule has 1 aromatic heterocycles. The van der Waals surface area contributed by atoms with Crippen LogP contribution in [0.3, 0.4) is 0 Å². The SMILES string of the molecule is CCOc1ccc(NC(=O)c2cccnc2SC2CCCC2)cc1F. The summed E-state index contributed by atoms with van der Waals surface area (Å²) in [4.78, 5) is 17.0. The van der Waals surface area contributed by atoms with E-state index in [2.05, 4.69) is 10.3 Å². The molecular formula is C19H21FN2O2S. The number of hydrogen-bond acceptors (Lipinski definition) is 4. The first-order valence-electron chi connectivity index (χ1n) is 8.52. The number of halogens is 1. The highest BCUT2D eigenvalue weighted by Gasteiger charge is 2.21. The van der Waals surface area contributed by atoms with Gasteiger partial charge in [0.25, 0.3) is 5.91 Å². The van der Waals surface area contributed by atoms with Gasteiger partial charge in [0.2, 0.25) is 0 Å². The summed E-state index contributed by atoms with van der Waals surface area (Å²) in [6.07, 6.45) is 6.48. The third-order valence-corrected chi connectivity index (χ3v) is 5.44. The van der Waals surface area contributed by atoms with E-state index in [1.54, 1.807) is 43.1 Å². The predicted molar refractivity (Wildman–Crippen MR) is 97.9 cm³/mol. The minimum absolute atomic E-state index is 0.180. The van der Waals surface area contributed by atoms with E-state index < -0.39 is 5.82 Å². The molecule has 1 saturated carbocycles. The summed E-state index contributed by atoms with van der Waals surface area (Å²) < 4.78 is 19.1. The average molecular weight is 360 g/mol. The predicted octanol–water partition coefficient (Wildman–Crippen LogP) is 4.91. The number of nitrogens with one attached hydrogen (secondary N) is 1. The Morgan fingerprint density at radius 2 is 2.16 bits per heavy atom. The molecule has 1 aliphatic rings. The first kappa shape index (κ1) is 17.7. The lowest BCUT2D eigenvalue weighted by Gasteiger charge is -2.13. The number of carbonyl (C=O) groups excluding carboxylic acids is 1. The van der Waals surface area contributed by atoms with E-state index in [-0.39, 0.29) is 11.7 Å². The summed E-state index contributed by atoms with van der Waals surface area (Å²) in [7, 11) is 0. The van der Waals surface area contributed by atoms with Crippen molar-refractivity contribution >= 4 is 23.4 Å². The summed E-state index contributed by atoms with van der Waals surface area (Å²) in [5.41, 5.74) is 0.917. The van der Waals surface area contributed by atoms with E-state index in [1.165, 1.54) is 25.0 Å². The molecule has 132 valence electrons. The summed E-state index contributed by atoms with van der Waals surface area (Å²) in [6, 6.07) is 7.91. The molecular weight excluding hydrogens is 339 g/mol. The Hall–Kier alpha value is -2.08. The van der Waals surface area contributed by atoms with Gasteiger partial charge in [-0.3, -0.25) is 4.79 Å². The highest BCUT2D eigenvalue weighted by atomic mass is 32.2. The molecule has 2 aromatic rings. The Labute approximate surface area is 151 Å². The number of hydrogen-bond donors (Lipinski definition) is 1. The smallest absolute Gasteiger partial charge is 0.258 e. The monoisotopic (exact) mass is 360 g/mol. The number of nitrogens with zero attached hydrogens (tertiary/aromatic N) is 1. The number of aromatic nitrogens is 1. The first-order valence-corrected chi connectivity index (χ1v) is 9.40. The molecule has 4 nitrogen and oxygen atoms in total. The standard InChI is InChI=1S/C19H21FN2O2S/c1-2-24-17-10-9-13(12-16(17)20)22-18(23)15-8-5-11-21-19(15)25-14-6-3-4-7-14/h5,8-12,14H,2-4,6-7H2,1H3,(H,22,23). The number of anilines is 1. The van der Waals surface area contributed by atoms with Gasteiger partial charge in [-0.15, -0.1) is 11.8 Å². The molecule has 1 fully saturated rings. The molecule has 0 saturated heterocycles. The van der Waals surface area contributed by atoms with Crippen LogP contribution < -0.4 is 10.1 Å². The minimum Gasteiger partial charge on any atom is -0.491 e. The quantitative estimate of drug-likeness (QED) is 0.795. The number of rotatable bonds is 6. The maximum absolute atomic E-state index is 13.9. The van der Waals surface area contributed by atoms with Gasteiger partial charge in [-0.25, -0.2) is 9.37 Å². The van der Waals surface area contributed by atoms with Gasteiger partial charge in [-0.2, -0.15) is 0 Å². The summed E-state index contributed by atoms with van der Waals surface area (Å²) in [6.45, 7) is 2.18. The van der Waals surface area contributed by atoms with Crippen molar-refractivity contribution in [2.24, 2.45) is 0 Å². The molecule has 0 aliphatic heterocycles. The zero-order chi connectivity index (χ0) is 17.6. The molecule has 1 aliphatic carbocycles. The Bertz CT molecular complexity index is 748. The Morgan fingerprint density at radius 3 is 2.88 bits per heavy atom. The van der Waals surface area contributed by atoms with Gasteiger partial charge in [0.15, 0.2) is 11.6 Å². The van der Waals surface area contributed by atoms with Crippen molar-refractivity contribution < 1.29 is 13.9 Å². The van der Waals surface area contributed by atoms with Crippen LogP contribution in [0.15, 0.2) is 41.6 Å². The molecule has 0 spiro atoms. The fraction of sp³-hybridized carbons (Fsp3) is 0.368. The molecule has 1 N–H and O–H groups in total. The normalized spacial score (nSPS) is 14.5. The van der Waals surface area contributed by atoms with Gasteiger partial charge in [0.1, 0.15) is 5.03 Å². The highest BCUT2D eigenvalue weighted by Crippen LogP contribution is 2.35. The van der Waals surface area contributed by atoms with Crippen LogP contribution in [-0.2, 0) is 0 Å². The zero-order valence-corrected chi connectivity index (χ0v) is 14.9. The van der Waals surface area contributed by atoms with Crippen LogP contribution in [0.4, 0.5) is 10.1 Å². The number of ether oxygens (including phenoxy) is 1. The number of amides is 1. The van der Waals surface area contributed by atoms with E-state index in [0.29, 0.717) is 23.1 Å². The van der Waals surface area contributed by atoms with E-state index in [9.17, 15) is 9.18 Å². The molecule has 0 unspecified atom stereocenters. The number of thioether (sulfide) groups is 1. The molecule has 0 atom stereocenters. The number of benzene rings is 1. The van der Waals surface area contributed by atoms with Crippen LogP contribution in [-0.4, -0.2) is 22.7 Å². The van der Waals surface area contributed by atoms with Crippen LogP contribution in [0.5, 0.6) is 5.75 Å². The lowest BCUT2D eigenvalue weighted by Crippen LogP contribution is -2.14. The van der Waals surface area contributed by atoms with Crippen LogP contribution in [0.1, 0.15) is 43.0 Å². The van der Waals surface area contributed by atoms with Crippen molar-refractivity contribution in [3.05, 3.63) is 47.9 Å². The Morgan fingerprint density at radius 1 is 1.36 bits per heavy atom. The molecule has 1 aromatic carbocycles.